The van der Waals surface area contributed by atoms with Gasteiger partial charge in [-0.05, 0) is 6.42 Å². The van der Waals surface area contributed by atoms with Crippen molar-refractivity contribution in [3.63, 3.8) is 0 Å². The molecule has 4 atom stereocenters. The molecule has 4 unspecified atom stereocenters. The van der Waals surface area contributed by atoms with Crippen LogP contribution in [-0.4, -0.2) is 52.3 Å². The Morgan fingerprint density at radius 1 is 0.792 bits per heavy atom. The average molecular weight is 344 g/mol. The Morgan fingerprint density at radius 2 is 1.21 bits per heavy atom. The summed E-state index contributed by atoms with van der Waals surface area (Å²) in [7, 11) is 4.68. The van der Waals surface area contributed by atoms with Gasteiger partial charge in [-0.15, -0.1) is 6.58 Å². The second kappa shape index (κ2) is 10.4. The highest BCUT2D eigenvalue weighted by Gasteiger charge is 2.41. The second-order valence-electron chi connectivity index (χ2n) is 5.09. The molecule has 0 bridgehead atoms. The second-order valence-corrected chi connectivity index (χ2v) is 5.09. The van der Waals surface area contributed by atoms with Crippen molar-refractivity contribution in [2.75, 3.05) is 28.4 Å². The summed E-state index contributed by atoms with van der Waals surface area (Å²) in [5.41, 5.74) is 0. The minimum absolute atomic E-state index is 0.165. The number of ether oxygens (including phenoxy) is 4. The highest BCUT2D eigenvalue weighted by Crippen LogP contribution is 2.30. The van der Waals surface area contributed by atoms with Crippen LogP contribution < -0.4 is 0 Å². The zero-order valence-electron chi connectivity index (χ0n) is 14.6. The van der Waals surface area contributed by atoms with Crippen LogP contribution in [0.5, 0.6) is 0 Å². The summed E-state index contributed by atoms with van der Waals surface area (Å²) in [6, 6.07) is 0. The number of rotatable bonds is 9. The molecule has 0 aromatic heterocycles. The fourth-order valence-electron chi connectivity index (χ4n) is 2.38. The lowest BCUT2D eigenvalue weighted by atomic mass is 9.79. The topological polar surface area (TPSA) is 105 Å². The Labute approximate surface area is 141 Å². The Balaban J connectivity index is 5.70. The van der Waals surface area contributed by atoms with E-state index in [1.807, 2.05) is 0 Å². The van der Waals surface area contributed by atoms with E-state index in [4.69, 9.17) is 9.47 Å². The van der Waals surface area contributed by atoms with E-state index in [-0.39, 0.29) is 6.42 Å². The van der Waals surface area contributed by atoms with Crippen LogP contribution >= 0.6 is 0 Å². The maximum absolute atomic E-state index is 12.1. The van der Waals surface area contributed by atoms with Crippen molar-refractivity contribution in [3.8, 4) is 0 Å². The van der Waals surface area contributed by atoms with Gasteiger partial charge in [0.1, 0.15) is 0 Å². The molecule has 0 amide bonds. The molecule has 0 saturated carbocycles. The fourth-order valence-corrected chi connectivity index (χ4v) is 2.38. The Morgan fingerprint density at radius 3 is 1.58 bits per heavy atom. The first-order valence-electron chi connectivity index (χ1n) is 7.22. The molecule has 0 aliphatic heterocycles. The molecular weight excluding hydrogens is 320 g/mol. The maximum atomic E-state index is 12.1. The monoisotopic (exact) mass is 344 g/mol. The highest BCUT2D eigenvalue weighted by atomic mass is 16.5. The molecule has 0 heterocycles. The van der Waals surface area contributed by atoms with Crippen molar-refractivity contribution in [1.82, 2.24) is 0 Å². The van der Waals surface area contributed by atoms with E-state index in [2.05, 4.69) is 16.1 Å². The molecule has 0 aromatic rings. The number of methoxy groups -OCH3 is 4. The van der Waals surface area contributed by atoms with Crippen LogP contribution in [0.1, 0.15) is 13.3 Å². The smallest absolute Gasteiger partial charge is 0.313 e. The lowest BCUT2D eigenvalue weighted by molar-refractivity contribution is -0.162. The molecule has 0 rings (SSSR count). The number of carbonyl (C=O) groups is 4. The zero-order chi connectivity index (χ0) is 18.9. The minimum atomic E-state index is -1.06. The van der Waals surface area contributed by atoms with Crippen LogP contribution in [0.25, 0.3) is 0 Å². The molecule has 136 valence electrons. The Bertz CT molecular complexity index is 484. The summed E-state index contributed by atoms with van der Waals surface area (Å²) in [4.78, 5) is 47.8. The van der Waals surface area contributed by atoms with E-state index in [9.17, 15) is 19.2 Å². The molecule has 0 radical (unpaired) electrons. The molecule has 0 aliphatic carbocycles. The summed E-state index contributed by atoms with van der Waals surface area (Å²) in [6.45, 7) is 4.99. The van der Waals surface area contributed by atoms with Crippen LogP contribution in [0, 0.1) is 23.7 Å². The van der Waals surface area contributed by atoms with Crippen LogP contribution in [0.3, 0.4) is 0 Å². The molecule has 0 aromatic carbocycles. The summed E-state index contributed by atoms with van der Waals surface area (Å²) in [5.74, 6) is -6.73. The maximum Gasteiger partial charge on any atom is 0.313 e. The van der Waals surface area contributed by atoms with Crippen molar-refractivity contribution in [2.45, 2.75) is 13.3 Å². The van der Waals surface area contributed by atoms with Gasteiger partial charge in [0, 0.05) is 0 Å². The van der Waals surface area contributed by atoms with E-state index in [0.29, 0.717) is 0 Å². The third-order valence-electron chi connectivity index (χ3n) is 3.85. The molecule has 8 heteroatoms. The summed E-state index contributed by atoms with van der Waals surface area (Å²) >= 11 is 0. The van der Waals surface area contributed by atoms with Gasteiger partial charge < -0.3 is 18.9 Å². The van der Waals surface area contributed by atoms with Crippen molar-refractivity contribution in [2.24, 2.45) is 23.7 Å². The largest absolute Gasteiger partial charge is 0.469 e. The van der Waals surface area contributed by atoms with Gasteiger partial charge in [-0.1, -0.05) is 13.0 Å². The van der Waals surface area contributed by atoms with Gasteiger partial charge in [0.05, 0.1) is 52.1 Å². The van der Waals surface area contributed by atoms with E-state index in [1.165, 1.54) is 27.2 Å². The SMILES string of the molecule is C=CC(C(=O)OC)C(CC(C(=O)OC)C(C)C(=O)OC)C(=O)OC. The highest BCUT2D eigenvalue weighted by molar-refractivity contribution is 5.85. The lowest BCUT2D eigenvalue weighted by Gasteiger charge is -2.26. The van der Waals surface area contributed by atoms with Crippen molar-refractivity contribution in [1.29, 1.82) is 0 Å². The molecule has 24 heavy (non-hydrogen) atoms. The van der Waals surface area contributed by atoms with Crippen molar-refractivity contribution in [3.05, 3.63) is 12.7 Å². The van der Waals surface area contributed by atoms with E-state index >= 15 is 0 Å². The number of hydrogen-bond donors (Lipinski definition) is 0. The quantitative estimate of drug-likeness (QED) is 0.342. The minimum Gasteiger partial charge on any atom is -0.469 e. The van der Waals surface area contributed by atoms with Gasteiger partial charge in [-0.25, -0.2) is 0 Å². The van der Waals surface area contributed by atoms with Gasteiger partial charge in [0.15, 0.2) is 0 Å². The fraction of sp³-hybridized carbons (Fsp3) is 0.625. The first-order valence-corrected chi connectivity index (χ1v) is 7.22. The summed E-state index contributed by atoms with van der Waals surface area (Å²) in [5, 5.41) is 0. The van der Waals surface area contributed by atoms with Crippen molar-refractivity contribution < 1.29 is 38.1 Å². The molecule has 8 nitrogen and oxygen atoms in total. The first kappa shape index (κ1) is 21.6. The predicted molar refractivity (Wildman–Crippen MR) is 82.5 cm³/mol. The Hall–Kier alpha value is -2.38. The molecule has 0 spiro atoms. The van der Waals surface area contributed by atoms with E-state index in [1.54, 1.807) is 0 Å². The normalized spacial score (nSPS) is 15.2. The number of hydrogen-bond acceptors (Lipinski definition) is 8. The number of esters is 4. The molecule has 0 N–H and O–H groups in total. The van der Waals surface area contributed by atoms with Crippen molar-refractivity contribution >= 4 is 23.9 Å². The van der Waals surface area contributed by atoms with Gasteiger partial charge in [-0.2, -0.15) is 0 Å². The third kappa shape index (κ3) is 5.36. The summed E-state index contributed by atoms with van der Waals surface area (Å²) in [6.07, 6.45) is 1.08. The van der Waals surface area contributed by atoms with Crippen LogP contribution in [-0.2, 0) is 38.1 Å². The molecule has 0 aliphatic rings. The Kier molecular flexibility index (Phi) is 9.37. The van der Waals surface area contributed by atoms with Gasteiger partial charge in [0.25, 0.3) is 0 Å². The average Bonchev–Trinajstić information content (AvgIpc) is 2.61. The molecule has 0 saturated heterocycles. The van der Waals surface area contributed by atoms with Gasteiger partial charge in [0.2, 0.25) is 0 Å². The van der Waals surface area contributed by atoms with Gasteiger partial charge >= 0.3 is 23.9 Å². The molecular formula is C16H24O8. The van der Waals surface area contributed by atoms with E-state index in [0.717, 1.165) is 14.2 Å². The third-order valence-corrected chi connectivity index (χ3v) is 3.85. The number of carbonyl (C=O) groups excluding carboxylic acids is 4. The van der Waals surface area contributed by atoms with E-state index < -0.39 is 47.5 Å². The zero-order valence-corrected chi connectivity index (χ0v) is 14.6. The lowest BCUT2D eigenvalue weighted by Crippen LogP contribution is -2.37. The van der Waals surface area contributed by atoms with Crippen LogP contribution in [0.15, 0.2) is 12.7 Å². The van der Waals surface area contributed by atoms with Gasteiger partial charge in [-0.3, -0.25) is 19.2 Å². The standard InChI is InChI=1S/C16H24O8/c1-7-10(14(18)22-4)12(16(20)24-6)8-11(15(19)23-5)9(2)13(17)21-3/h7,9-12H,1,8H2,2-6H3. The molecule has 0 fully saturated rings. The predicted octanol–water partition coefficient (Wildman–Crippen LogP) is 0.739. The first-order chi connectivity index (χ1) is 11.3. The van der Waals surface area contributed by atoms with Crippen LogP contribution in [0.2, 0.25) is 0 Å². The summed E-state index contributed by atoms with van der Waals surface area (Å²) < 4.78 is 18.7. The van der Waals surface area contributed by atoms with Crippen LogP contribution in [0.4, 0.5) is 0 Å².